The number of benzene rings is 2. The summed E-state index contributed by atoms with van der Waals surface area (Å²) >= 11 is 0. The van der Waals surface area contributed by atoms with Crippen LogP contribution in [0.4, 0.5) is 34.8 Å². The summed E-state index contributed by atoms with van der Waals surface area (Å²) in [5.41, 5.74) is 6.79. The summed E-state index contributed by atoms with van der Waals surface area (Å²) in [6.07, 6.45) is -3.23. The van der Waals surface area contributed by atoms with Crippen molar-refractivity contribution in [3.8, 4) is 11.8 Å². The normalized spacial score (nSPS) is 14.2. The number of carbonyl (C=O) groups is 1. The molecule has 0 bridgehead atoms. The largest absolute Gasteiger partial charge is 0.416 e. The minimum absolute atomic E-state index is 0.0467. The number of nitrogens with one attached hydrogen (secondary N) is 1. The number of halogens is 4. The van der Waals surface area contributed by atoms with Gasteiger partial charge in [-0.1, -0.05) is 17.9 Å². The van der Waals surface area contributed by atoms with Crippen LogP contribution < -0.4 is 16.0 Å². The molecule has 2 aromatic carbocycles. The Morgan fingerprint density at radius 2 is 1.78 bits per heavy atom. The fraction of sp³-hybridized carbons (Fsp3) is 0.259. The molecule has 2 heterocycles. The lowest BCUT2D eigenvalue weighted by atomic mass is 10.0. The highest BCUT2D eigenvalue weighted by molar-refractivity contribution is 6.04. The van der Waals surface area contributed by atoms with E-state index in [1.807, 2.05) is 11.9 Å². The Balaban J connectivity index is 1.59. The van der Waals surface area contributed by atoms with Crippen LogP contribution in [0.5, 0.6) is 0 Å². The molecule has 3 aromatic rings. The number of nitrogens with zero attached hydrogens (tertiary/aromatic N) is 3. The maximum absolute atomic E-state index is 13.6. The lowest BCUT2D eigenvalue weighted by Crippen LogP contribution is -2.44. The molecule has 6 nitrogen and oxygen atoms in total. The van der Waals surface area contributed by atoms with E-state index in [-0.39, 0.29) is 17.1 Å². The van der Waals surface area contributed by atoms with Crippen molar-refractivity contribution in [2.75, 3.05) is 49.2 Å². The van der Waals surface area contributed by atoms with Crippen LogP contribution in [-0.2, 0) is 6.18 Å². The van der Waals surface area contributed by atoms with Crippen LogP contribution >= 0.6 is 0 Å². The van der Waals surface area contributed by atoms with Gasteiger partial charge in [0.15, 0.2) is 11.6 Å². The van der Waals surface area contributed by atoms with Crippen LogP contribution in [0.15, 0.2) is 48.7 Å². The number of likely N-dealkylation sites (N-methyl/N-ethyl adjacent to an activating group) is 1. The van der Waals surface area contributed by atoms with Gasteiger partial charge in [0, 0.05) is 60.4 Å². The zero-order chi connectivity index (χ0) is 26.7. The van der Waals surface area contributed by atoms with Crippen LogP contribution in [0.1, 0.15) is 32.6 Å². The van der Waals surface area contributed by atoms with E-state index in [2.05, 4.69) is 27.0 Å². The SMILES string of the molecule is Cc1ccc(C(=O)Nc2cc(N3CCN(C)CC3)cc(C(F)(F)F)c2)cc1C#Cc1cnc(N)c(F)c1. The first-order valence-electron chi connectivity index (χ1n) is 11.5. The number of carbonyl (C=O) groups excluding carboxylic acids is 1. The summed E-state index contributed by atoms with van der Waals surface area (Å²) < 4.78 is 54.5. The lowest BCUT2D eigenvalue weighted by Gasteiger charge is -2.34. The summed E-state index contributed by atoms with van der Waals surface area (Å²) in [7, 11) is 1.96. The zero-order valence-electron chi connectivity index (χ0n) is 20.3. The number of aryl methyl sites for hydroxylation is 1. The van der Waals surface area contributed by atoms with Gasteiger partial charge in [0.25, 0.3) is 5.91 Å². The van der Waals surface area contributed by atoms with Gasteiger partial charge in [-0.2, -0.15) is 13.2 Å². The number of anilines is 3. The summed E-state index contributed by atoms with van der Waals surface area (Å²) in [6.45, 7) is 4.41. The maximum Gasteiger partial charge on any atom is 0.416 e. The molecule has 4 rings (SSSR count). The van der Waals surface area contributed by atoms with Crippen LogP contribution in [0.2, 0.25) is 0 Å². The molecule has 0 atom stereocenters. The van der Waals surface area contributed by atoms with Crippen molar-refractivity contribution < 1.29 is 22.4 Å². The average molecular weight is 512 g/mol. The molecule has 1 aromatic heterocycles. The molecule has 192 valence electrons. The second kappa shape index (κ2) is 10.5. The molecule has 0 spiro atoms. The fourth-order valence-corrected chi connectivity index (χ4v) is 3.85. The van der Waals surface area contributed by atoms with Crippen LogP contribution in [-0.4, -0.2) is 49.0 Å². The van der Waals surface area contributed by atoms with E-state index in [9.17, 15) is 22.4 Å². The van der Waals surface area contributed by atoms with Gasteiger partial charge in [0.1, 0.15) is 0 Å². The van der Waals surface area contributed by atoms with Crippen LogP contribution in [0, 0.1) is 24.6 Å². The van der Waals surface area contributed by atoms with Gasteiger partial charge in [-0.15, -0.1) is 0 Å². The van der Waals surface area contributed by atoms with E-state index >= 15 is 0 Å². The van der Waals surface area contributed by atoms with Crippen molar-refractivity contribution in [2.45, 2.75) is 13.1 Å². The summed E-state index contributed by atoms with van der Waals surface area (Å²) in [6, 6.07) is 9.53. The molecule has 1 aliphatic rings. The molecule has 37 heavy (non-hydrogen) atoms. The van der Waals surface area contributed by atoms with Gasteiger partial charge in [-0.05, 0) is 55.9 Å². The van der Waals surface area contributed by atoms with E-state index in [4.69, 9.17) is 5.73 Å². The number of pyridine rings is 1. The molecular weight excluding hydrogens is 486 g/mol. The number of alkyl halides is 3. The minimum atomic E-state index is -4.56. The summed E-state index contributed by atoms with van der Waals surface area (Å²) in [4.78, 5) is 20.7. The molecular formula is C27H25F4N5O. The van der Waals surface area contributed by atoms with Gasteiger partial charge in [-0.25, -0.2) is 9.37 Å². The smallest absolute Gasteiger partial charge is 0.381 e. The third kappa shape index (κ3) is 6.37. The first-order valence-corrected chi connectivity index (χ1v) is 11.5. The molecule has 0 radical (unpaired) electrons. The summed E-state index contributed by atoms with van der Waals surface area (Å²) in [5.74, 6) is 4.17. The van der Waals surface area contributed by atoms with Gasteiger partial charge >= 0.3 is 6.18 Å². The average Bonchev–Trinajstić information content (AvgIpc) is 2.85. The molecule has 0 aliphatic carbocycles. The predicted molar refractivity (Wildman–Crippen MR) is 135 cm³/mol. The predicted octanol–water partition coefficient (Wildman–Crippen LogP) is 4.53. The highest BCUT2D eigenvalue weighted by Crippen LogP contribution is 2.35. The minimum Gasteiger partial charge on any atom is -0.381 e. The Morgan fingerprint density at radius 3 is 2.46 bits per heavy atom. The number of nitrogens with two attached hydrogens (primary N) is 1. The first kappa shape index (κ1) is 26.0. The van der Waals surface area contributed by atoms with Crippen LogP contribution in [0.3, 0.4) is 0 Å². The number of hydrogen-bond acceptors (Lipinski definition) is 5. The molecule has 1 saturated heterocycles. The monoisotopic (exact) mass is 511 g/mol. The number of aromatic nitrogens is 1. The Morgan fingerprint density at radius 1 is 1.05 bits per heavy atom. The van der Waals surface area contributed by atoms with Gasteiger partial charge in [0.05, 0.1) is 5.56 Å². The number of rotatable bonds is 3. The van der Waals surface area contributed by atoms with Crippen molar-refractivity contribution >= 4 is 23.1 Å². The van der Waals surface area contributed by atoms with Crippen molar-refractivity contribution in [1.82, 2.24) is 9.88 Å². The lowest BCUT2D eigenvalue weighted by molar-refractivity contribution is -0.137. The highest BCUT2D eigenvalue weighted by Gasteiger charge is 2.32. The second-order valence-electron chi connectivity index (χ2n) is 8.88. The number of hydrogen-bond donors (Lipinski definition) is 2. The van der Waals surface area contributed by atoms with E-state index in [0.717, 1.165) is 36.9 Å². The molecule has 3 N–H and O–H groups in total. The summed E-state index contributed by atoms with van der Waals surface area (Å²) in [5, 5.41) is 2.60. The first-order chi connectivity index (χ1) is 17.5. The van der Waals surface area contributed by atoms with Crippen LogP contribution in [0.25, 0.3) is 0 Å². The van der Waals surface area contributed by atoms with Crippen molar-refractivity contribution in [1.29, 1.82) is 0 Å². The van der Waals surface area contributed by atoms with Gasteiger partial charge in [0.2, 0.25) is 0 Å². The Hall–Kier alpha value is -4.10. The topological polar surface area (TPSA) is 74.5 Å². The van der Waals surface area contributed by atoms with E-state index in [1.165, 1.54) is 12.3 Å². The Labute approximate surface area is 212 Å². The molecule has 1 amide bonds. The number of amides is 1. The van der Waals surface area contributed by atoms with Gasteiger partial charge in [-0.3, -0.25) is 4.79 Å². The molecule has 1 fully saturated rings. The molecule has 0 unspecified atom stereocenters. The van der Waals surface area contributed by atoms with Crippen molar-refractivity contribution in [2.24, 2.45) is 0 Å². The Bertz CT molecular complexity index is 1390. The third-order valence-corrected chi connectivity index (χ3v) is 6.08. The Kier molecular flexibility index (Phi) is 7.36. The van der Waals surface area contributed by atoms with Crippen molar-refractivity contribution in [3.05, 3.63) is 82.3 Å². The zero-order valence-corrected chi connectivity index (χ0v) is 20.3. The molecule has 10 heteroatoms. The second-order valence-corrected chi connectivity index (χ2v) is 8.88. The number of nitrogen functional groups attached to an aromatic ring is 1. The quantitative estimate of drug-likeness (QED) is 0.399. The standard InChI is InChI=1S/C27H25F4N5O/c1-17-3-5-20(12-19(17)6-4-18-11-24(28)25(32)33-16-18)26(37)34-22-13-21(27(29,30)31)14-23(15-22)36-9-7-35(2)8-10-36/h3,5,11-16H,7-10H2,1-2H3,(H2,32,33)(H,34,37). The van der Waals surface area contributed by atoms with E-state index in [0.29, 0.717) is 29.9 Å². The maximum atomic E-state index is 13.6. The van der Waals surface area contributed by atoms with Gasteiger partial charge < -0.3 is 20.9 Å². The number of piperazine rings is 1. The van der Waals surface area contributed by atoms with Crippen molar-refractivity contribution in [3.63, 3.8) is 0 Å². The van der Waals surface area contributed by atoms with E-state index in [1.54, 1.807) is 25.1 Å². The van der Waals surface area contributed by atoms with E-state index < -0.39 is 23.5 Å². The highest BCUT2D eigenvalue weighted by atomic mass is 19.4. The third-order valence-electron chi connectivity index (χ3n) is 6.08. The fourth-order valence-electron chi connectivity index (χ4n) is 3.85. The molecule has 1 aliphatic heterocycles. The molecule has 0 saturated carbocycles.